The summed E-state index contributed by atoms with van der Waals surface area (Å²) in [4.78, 5) is 124. The minimum atomic E-state index is -0.725. The monoisotopic (exact) mass is 1190 g/mol. The van der Waals surface area contributed by atoms with Crippen LogP contribution in [0.2, 0.25) is 0 Å². The fourth-order valence-electron chi connectivity index (χ4n) is 8.22. The van der Waals surface area contributed by atoms with Crippen LogP contribution in [-0.2, 0) is 66.8 Å². The molecule has 0 amide bonds. The fraction of sp³-hybridized carbons (Fsp3) is 0.483. The van der Waals surface area contributed by atoms with Crippen molar-refractivity contribution >= 4 is 59.2 Å². The van der Waals surface area contributed by atoms with Crippen LogP contribution < -0.4 is 5.32 Å². The molecular weight excluding hydrogens is 1120 g/mol. The number of azide groups is 3. The van der Waals surface area contributed by atoms with E-state index in [0.717, 1.165) is 12.0 Å². The second-order valence-electron chi connectivity index (χ2n) is 19.9. The Morgan fingerprint density at radius 2 is 1.19 bits per heavy atom. The third-order valence-corrected chi connectivity index (χ3v) is 11.5. The zero-order chi connectivity index (χ0) is 63.8. The van der Waals surface area contributed by atoms with Gasteiger partial charge in [-0.25, -0.2) is 9.59 Å². The van der Waals surface area contributed by atoms with Crippen LogP contribution >= 0.6 is 0 Å². The lowest BCUT2D eigenvalue weighted by Gasteiger charge is -2.39. The van der Waals surface area contributed by atoms with Crippen LogP contribution in [-0.4, -0.2) is 147 Å². The first kappa shape index (κ1) is 72.8. The van der Waals surface area contributed by atoms with E-state index in [9.17, 15) is 43.2 Å². The van der Waals surface area contributed by atoms with E-state index in [0.29, 0.717) is 59.6 Å². The second-order valence-corrected chi connectivity index (χ2v) is 19.9. The molecule has 0 spiro atoms. The Labute approximate surface area is 497 Å². The first-order valence-corrected chi connectivity index (χ1v) is 27.2. The molecule has 0 aromatic carbocycles. The molecule has 0 saturated heterocycles. The molecule has 6 rings (SSSR count). The van der Waals surface area contributed by atoms with Crippen molar-refractivity contribution in [1.82, 2.24) is 20.3 Å². The molecule has 4 heterocycles. The van der Waals surface area contributed by atoms with Gasteiger partial charge in [0.1, 0.15) is 42.5 Å². The number of nitrogens with one attached hydrogen (secondary N) is 1. The van der Waals surface area contributed by atoms with Crippen LogP contribution in [0.25, 0.3) is 37.4 Å². The van der Waals surface area contributed by atoms with E-state index in [4.69, 9.17) is 40.3 Å². The summed E-state index contributed by atoms with van der Waals surface area (Å²) in [6, 6.07) is 15.8. The molecule has 1 aliphatic heterocycles. The van der Waals surface area contributed by atoms with Gasteiger partial charge in [-0.1, -0.05) is 61.2 Å². The molecule has 1 fully saturated rings. The topological polar surface area (TPSA) is 406 Å². The van der Waals surface area contributed by atoms with Crippen molar-refractivity contribution < 1.29 is 71.6 Å². The second kappa shape index (κ2) is 40.8. The van der Waals surface area contributed by atoms with Gasteiger partial charge < -0.3 is 33.7 Å². The Bertz CT molecular complexity index is 2990. The summed E-state index contributed by atoms with van der Waals surface area (Å²) in [6.07, 6.45) is 8.95. The molecule has 1 saturated carbocycles. The van der Waals surface area contributed by atoms with Crippen molar-refractivity contribution in [1.29, 1.82) is 0 Å². The highest BCUT2D eigenvalue weighted by atomic mass is 16.5. The molecule has 1 N–H and O–H groups in total. The third kappa shape index (κ3) is 28.8. The van der Waals surface area contributed by atoms with Crippen molar-refractivity contribution in [3.63, 3.8) is 0 Å². The molecule has 460 valence electrons. The summed E-state index contributed by atoms with van der Waals surface area (Å²) < 4.78 is 30.4. The normalized spacial score (nSPS) is 15.2. The predicted octanol–water partition coefficient (Wildman–Crippen LogP) is 8.54. The van der Waals surface area contributed by atoms with E-state index < -0.39 is 29.6 Å². The summed E-state index contributed by atoms with van der Waals surface area (Å²) >= 11 is 0. The average molecular weight is 1190 g/mol. The Morgan fingerprint density at radius 3 is 1.67 bits per heavy atom. The molecule has 1 atom stereocenters. The van der Waals surface area contributed by atoms with Gasteiger partial charge in [-0.15, -0.1) is 0 Å². The molecule has 1 unspecified atom stereocenters. The van der Waals surface area contributed by atoms with E-state index in [1.54, 1.807) is 81.8 Å². The summed E-state index contributed by atoms with van der Waals surface area (Å²) in [7, 11) is 0. The Balaban J connectivity index is 0.000000399. The van der Waals surface area contributed by atoms with E-state index in [1.807, 2.05) is 39.8 Å². The standard InChI is InChI=1S/C22H27N5O4.C14H16N4O4.C8H13N3O4.C8H12O2.C6H5NO/c1-4-31-21(29)20-16(13-30-10-9-25-27-23)26-15-11-22(2,3)12-17(28)18(15)19(20)14-7-5-6-8-24-14;1-2-22-14(20)12(9-11-5-3-4-6-16-11)13(19)10-21-8-7-17-18-15;1-2-15-8(13)5-7(12)6-14-4-3-10-11-9;1-8(2)4-6(9)3-7(10)5-8;8-5-6-3-1-2-4-7-6/h5-8,19,26H,4,9-13H2,1-3H3;3-6,9H,2,7-8,10H2,1H3;2-6H2,1H3;3-5H2,1-2H3;1-5H/b;12-9-;;;. The smallest absolute Gasteiger partial charge is 0.341 e. The van der Waals surface area contributed by atoms with Gasteiger partial charge in [-0.05, 0) is 97.1 Å². The van der Waals surface area contributed by atoms with Crippen molar-refractivity contribution in [3.8, 4) is 0 Å². The molecule has 3 aliphatic rings. The number of hydrogen-bond donors (Lipinski definition) is 1. The predicted molar refractivity (Wildman–Crippen MR) is 311 cm³/mol. The largest absolute Gasteiger partial charge is 0.466 e. The number of hydrogen-bond acceptors (Lipinski definition) is 22. The maximum absolute atomic E-state index is 13.2. The van der Waals surface area contributed by atoms with Gasteiger partial charge in [0.15, 0.2) is 23.6 Å². The minimum Gasteiger partial charge on any atom is -0.466 e. The number of carbonyl (C=O) groups is 9. The van der Waals surface area contributed by atoms with Crippen molar-refractivity contribution in [2.75, 3.05) is 79.1 Å². The van der Waals surface area contributed by atoms with Crippen molar-refractivity contribution in [2.24, 2.45) is 26.2 Å². The molecule has 3 aromatic rings. The van der Waals surface area contributed by atoms with Crippen LogP contribution in [0, 0.1) is 10.8 Å². The highest BCUT2D eigenvalue weighted by Crippen LogP contribution is 2.46. The van der Waals surface area contributed by atoms with E-state index in [2.05, 4.69) is 55.1 Å². The number of rotatable bonds is 26. The molecule has 28 heteroatoms. The maximum atomic E-state index is 13.2. The zero-order valence-corrected chi connectivity index (χ0v) is 49.4. The lowest BCUT2D eigenvalue weighted by atomic mass is 9.69. The number of nitrogens with zero attached hydrogens (tertiary/aromatic N) is 12. The lowest BCUT2D eigenvalue weighted by Crippen LogP contribution is -2.40. The lowest BCUT2D eigenvalue weighted by molar-refractivity contribution is -0.147. The summed E-state index contributed by atoms with van der Waals surface area (Å²) in [5.74, 6) is -3.10. The fourth-order valence-corrected chi connectivity index (χ4v) is 8.22. The zero-order valence-electron chi connectivity index (χ0n) is 49.4. The summed E-state index contributed by atoms with van der Waals surface area (Å²) in [6.45, 7) is 14.2. The Morgan fingerprint density at radius 1 is 0.663 bits per heavy atom. The molecule has 28 nitrogen and oxygen atoms in total. The summed E-state index contributed by atoms with van der Waals surface area (Å²) in [5, 5.41) is 13.2. The quantitative estimate of drug-likeness (QED) is 0.00751. The molecule has 0 radical (unpaired) electrons. The first-order chi connectivity index (χ1) is 41.2. The van der Waals surface area contributed by atoms with E-state index >= 15 is 0 Å². The van der Waals surface area contributed by atoms with Crippen molar-refractivity contribution in [3.05, 3.63) is 150 Å². The molecule has 3 aromatic heterocycles. The van der Waals surface area contributed by atoms with Gasteiger partial charge >= 0.3 is 17.9 Å². The number of carbonyl (C=O) groups excluding carboxylic acids is 9. The molecule has 0 bridgehead atoms. The maximum Gasteiger partial charge on any atom is 0.341 e. The van der Waals surface area contributed by atoms with Gasteiger partial charge in [-0.2, -0.15) is 0 Å². The van der Waals surface area contributed by atoms with Crippen LogP contribution in [0.15, 0.2) is 117 Å². The van der Waals surface area contributed by atoms with Gasteiger partial charge in [0, 0.05) is 83.5 Å². The highest BCUT2D eigenvalue weighted by Gasteiger charge is 2.44. The summed E-state index contributed by atoms with van der Waals surface area (Å²) in [5.41, 5.74) is 27.8. The minimum absolute atomic E-state index is 0.000438. The van der Waals surface area contributed by atoms with Crippen LogP contribution in [0.1, 0.15) is 115 Å². The third-order valence-electron chi connectivity index (χ3n) is 11.5. The number of pyridine rings is 3. The van der Waals surface area contributed by atoms with Gasteiger partial charge in [0.2, 0.25) is 0 Å². The number of esters is 3. The van der Waals surface area contributed by atoms with E-state index in [1.165, 1.54) is 6.08 Å². The number of aldehydes is 1. The molecule has 86 heavy (non-hydrogen) atoms. The Kier molecular flexibility index (Phi) is 34.6. The number of ketones is 5. The Hall–Kier alpha value is -9.29. The van der Waals surface area contributed by atoms with Crippen LogP contribution in [0.4, 0.5) is 0 Å². The number of ether oxygens (including phenoxy) is 6. The van der Waals surface area contributed by atoms with Gasteiger partial charge in [0.25, 0.3) is 0 Å². The molecule has 2 aliphatic carbocycles. The number of Topliss-reactive ketones (excluding diaryl/α,β-unsaturated/α-hetero) is 5. The molecular formula is C58H73N13O15. The number of aromatic nitrogens is 3. The highest BCUT2D eigenvalue weighted by molar-refractivity contribution is 6.21. The van der Waals surface area contributed by atoms with Crippen LogP contribution in [0.3, 0.4) is 0 Å². The SMILES string of the molecule is CC1(C)CC(=O)CC(=O)C1.CCOC(=O)/C(=C\c1ccccn1)C(=O)COCCN=[N+]=[N-].CCOC(=O)C1=C(COCCN=[N+]=[N-])NC2=C(C(=O)CC(C)(C)C2)C1c1ccccn1.CCOC(=O)CC(=O)COCCN=[N+]=[N-].O=Cc1ccccn1. The average Bonchev–Trinajstić information content (AvgIpc) is 0.814. The van der Waals surface area contributed by atoms with Gasteiger partial charge in [-0.3, -0.25) is 48.5 Å². The number of dihydropyridines is 1. The van der Waals surface area contributed by atoms with E-state index in [-0.39, 0.29) is 131 Å². The van der Waals surface area contributed by atoms with Gasteiger partial charge in [0.05, 0.1) is 81.2 Å². The van der Waals surface area contributed by atoms with Crippen LogP contribution in [0.5, 0.6) is 0 Å². The first-order valence-electron chi connectivity index (χ1n) is 27.2. The van der Waals surface area contributed by atoms with Crippen molar-refractivity contribution in [2.45, 2.75) is 92.9 Å². The number of allylic oxidation sites excluding steroid dienone is 2.